The van der Waals surface area contributed by atoms with E-state index in [2.05, 4.69) is 0 Å². The quantitative estimate of drug-likeness (QED) is 0.575. The van der Waals surface area contributed by atoms with E-state index >= 15 is 0 Å². The first-order chi connectivity index (χ1) is 8.20. The summed E-state index contributed by atoms with van der Waals surface area (Å²) in [5.41, 5.74) is 0.471. The van der Waals surface area contributed by atoms with Crippen molar-refractivity contribution >= 4 is 5.97 Å². The van der Waals surface area contributed by atoms with Crippen molar-refractivity contribution in [3.8, 4) is 5.75 Å². The van der Waals surface area contributed by atoms with Crippen LogP contribution in [0.15, 0.2) is 24.3 Å². The van der Waals surface area contributed by atoms with Crippen LogP contribution in [0.2, 0.25) is 0 Å². The minimum atomic E-state index is -0.686. The van der Waals surface area contributed by atoms with Crippen molar-refractivity contribution in [2.24, 2.45) is 0 Å². The highest BCUT2D eigenvalue weighted by molar-refractivity contribution is 5.82. The summed E-state index contributed by atoms with van der Waals surface area (Å²) in [6.07, 6.45) is 1.45. The van der Waals surface area contributed by atoms with Crippen LogP contribution in [-0.2, 0) is 20.7 Å². The van der Waals surface area contributed by atoms with Gasteiger partial charge in [0, 0.05) is 0 Å². The molecule has 0 radical (unpaired) electrons. The Balaban J connectivity index is 1.91. The molecule has 0 spiro atoms. The minimum Gasteiger partial charge on any atom is -0.497 e. The number of ether oxygens (including phenoxy) is 3. The lowest BCUT2D eigenvalue weighted by molar-refractivity contribution is -0.147. The van der Waals surface area contributed by atoms with Crippen molar-refractivity contribution in [1.29, 1.82) is 0 Å². The fraction of sp³-hybridized carbons (Fsp3) is 0.462. The van der Waals surface area contributed by atoms with Gasteiger partial charge in [0.2, 0.25) is 0 Å². The molecule has 4 heteroatoms. The second-order valence-electron chi connectivity index (χ2n) is 4.12. The van der Waals surface area contributed by atoms with E-state index in [1.807, 2.05) is 24.3 Å². The van der Waals surface area contributed by atoms with Gasteiger partial charge in [-0.25, -0.2) is 4.79 Å². The standard InChI is InChI=1S/C13H16O4/c1-15-11-5-3-10(4-6-11)7-8-13(9-17-13)12(14)16-2/h3-6H,7-9H2,1-2H3. The largest absolute Gasteiger partial charge is 0.497 e. The molecule has 1 atom stereocenters. The summed E-state index contributed by atoms with van der Waals surface area (Å²) in [6.45, 7) is 0.468. The Bertz CT molecular complexity index is 392. The fourth-order valence-corrected chi connectivity index (χ4v) is 1.78. The van der Waals surface area contributed by atoms with Crippen LogP contribution in [-0.4, -0.2) is 32.4 Å². The van der Waals surface area contributed by atoms with Gasteiger partial charge in [0.15, 0.2) is 5.60 Å². The SMILES string of the molecule is COC(=O)C1(CCc2ccc(OC)cc2)CO1. The van der Waals surface area contributed by atoms with Crippen LogP contribution in [0.4, 0.5) is 0 Å². The summed E-state index contributed by atoms with van der Waals surface area (Å²) in [6, 6.07) is 7.81. The predicted molar refractivity (Wildman–Crippen MR) is 62.0 cm³/mol. The molecule has 0 bridgehead atoms. The van der Waals surface area contributed by atoms with Crippen LogP contribution < -0.4 is 4.74 Å². The van der Waals surface area contributed by atoms with Crippen molar-refractivity contribution in [2.75, 3.05) is 20.8 Å². The lowest BCUT2D eigenvalue weighted by Gasteiger charge is -2.09. The van der Waals surface area contributed by atoms with Crippen LogP contribution in [0.5, 0.6) is 5.75 Å². The van der Waals surface area contributed by atoms with Gasteiger partial charge in [-0.05, 0) is 30.5 Å². The van der Waals surface area contributed by atoms with Crippen LogP contribution >= 0.6 is 0 Å². The topological polar surface area (TPSA) is 48.1 Å². The smallest absolute Gasteiger partial charge is 0.340 e. The average Bonchev–Trinajstić information content (AvgIpc) is 3.17. The monoisotopic (exact) mass is 236 g/mol. The Morgan fingerprint density at radius 1 is 1.35 bits per heavy atom. The van der Waals surface area contributed by atoms with E-state index < -0.39 is 5.60 Å². The van der Waals surface area contributed by atoms with Crippen LogP contribution in [0, 0.1) is 0 Å². The molecule has 1 aromatic rings. The molecule has 1 aromatic carbocycles. The lowest BCUT2D eigenvalue weighted by Crippen LogP contribution is -2.26. The summed E-state index contributed by atoms with van der Waals surface area (Å²) < 4.78 is 15.0. The van der Waals surface area contributed by atoms with Gasteiger partial charge in [-0.3, -0.25) is 0 Å². The normalized spacial score (nSPS) is 22.0. The number of rotatable bonds is 5. The number of benzene rings is 1. The van der Waals surface area contributed by atoms with Crippen LogP contribution in [0.1, 0.15) is 12.0 Å². The van der Waals surface area contributed by atoms with E-state index in [-0.39, 0.29) is 5.97 Å². The molecule has 17 heavy (non-hydrogen) atoms. The van der Waals surface area contributed by atoms with E-state index in [1.54, 1.807) is 7.11 Å². The zero-order valence-electron chi connectivity index (χ0n) is 10.1. The van der Waals surface area contributed by atoms with E-state index in [4.69, 9.17) is 14.2 Å². The molecule has 0 aliphatic carbocycles. The van der Waals surface area contributed by atoms with E-state index in [1.165, 1.54) is 7.11 Å². The maximum absolute atomic E-state index is 11.5. The number of carbonyl (C=O) groups is 1. The number of carbonyl (C=O) groups excluding carboxylic acids is 1. The highest BCUT2D eigenvalue weighted by Gasteiger charge is 2.52. The van der Waals surface area contributed by atoms with Gasteiger partial charge in [-0.2, -0.15) is 0 Å². The molecule has 0 saturated carbocycles. The first-order valence-corrected chi connectivity index (χ1v) is 5.55. The Morgan fingerprint density at radius 3 is 2.47 bits per heavy atom. The summed E-state index contributed by atoms with van der Waals surface area (Å²) in [4.78, 5) is 11.5. The summed E-state index contributed by atoms with van der Waals surface area (Å²) in [5, 5.41) is 0. The predicted octanol–water partition coefficient (Wildman–Crippen LogP) is 1.57. The number of methoxy groups -OCH3 is 2. The molecule has 1 unspecified atom stereocenters. The number of hydrogen-bond donors (Lipinski definition) is 0. The van der Waals surface area contributed by atoms with Crippen LogP contribution in [0.3, 0.4) is 0 Å². The highest BCUT2D eigenvalue weighted by Crippen LogP contribution is 2.33. The Hall–Kier alpha value is -1.55. The van der Waals surface area contributed by atoms with Crippen molar-refractivity contribution in [3.63, 3.8) is 0 Å². The molecule has 92 valence electrons. The number of hydrogen-bond acceptors (Lipinski definition) is 4. The summed E-state index contributed by atoms with van der Waals surface area (Å²) in [7, 11) is 3.03. The number of esters is 1. The number of epoxide rings is 1. The van der Waals surface area contributed by atoms with Crippen molar-refractivity contribution < 1.29 is 19.0 Å². The minimum absolute atomic E-state index is 0.272. The maximum Gasteiger partial charge on any atom is 0.340 e. The van der Waals surface area contributed by atoms with Gasteiger partial charge >= 0.3 is 5.97 Å². The first kappa shape index (κ1) is 11.9. The molecule has 0 aromatic heterocycles. The van der Waals surface area contributed by atoms with Crippen molar-refractivity contribution in [2.45, 2.75) is 18.4 Å². The summed E-state index contributed by atoms with van der Waals surface area (Å²) >= 11 is 0. The third-order valence-electron chi connectivity index (χ3n) is 3.03. The Kier molecular flexibility index (Phi) is 3.33. The van der Waals surface area contributed by atoms with Gasteiger partial charge in [-0.1, -0.05) is 12.1 Å². The van der Waals surface area contributed by atoms with E-state index in [0.717, 1.165) is 17.7 Å². The lowest BCUT2D eigenvalue weighted by atomic mass is 10.0. The molecule has 1 aliphatic heterocycles. The van der Waals surface area contributed by atoms with Crippen LogP contribution in [0.25, 0.3) is 0 Å². The Morgan fingerprint density at radius 2 is 2.00 bits per heavy atom. The van der Waals surface area contributed by atoms with Gasteiger partial charge in [0.25, 0.3) is 0 Å². The van der Waals surface area contributed by atoms with Crippen molar-refractivity contribution in [3.05, 3.63) is 29.8 Å². The van der Waals surface area contributed by atoms with Gasteiger partial charge < -0.3 is 14.2 Å². The molecule has 1 saturated heterocycles. The molecule has 1 aliphatic rings. The van der Waals surface area contributed by atoms with Gasteiger partial charge in [0.1, 0.15) is 5.75 Å². The van der Waals surface area contributed by atoms with Crippen molar-refractivity contribution in [1.82, 2.24) is 0 Å². The molecule has 4 nitrogen and oxygen atoms in total. The second kappa shape index (κ2) is 4.75. The maximum atomic E-state index is 11.5. The molecule has 2 rings (SSSR count). The average molecular weight is 236 g/mol. The molecule has 0 amide bonds. The molecule has 1 heterocycles. The molecule has 0 N–H and O–H groups in total. The zero-order chi connectivity index (χ0) is 12.3. The first-order valence-electron chi connectivity index (χ1n) is 5.55. The van der Waals surface area contributed by atoms with Gasteiger partial charge in [0.05, 0.1) is 20.8 Å². The molecular formula is C13H16O4. The summed E-state index contributed by atoms with van der Waals surface area (Å²) in [5.74, 6) is 0.560. The molecular weight excluding hydrogens is 220 g/mol. The third-order valence-corrected chi connectivity index (χ3v) is 3.03. The third kappa shape index (κ3) is 2.58. The highest BCUT2D eigenvalue weighted by atomic mass is 16.6. The molecule has 1 fully saturated rings. The zero-order valence-corrected chi connectivity index (χ0v) is 10.1. The van der Waals surface area contributed by atoms with E-state index in [0.29, 0.717) is 13.0 Å². The van der Waals surface area contributed by atoms with Gasteiger partial charge in [-0.15, -0.1) is 0 Å². The van der Waals surface area contributed by atoms with E-state index in [9.17, 15) is 4.79 Å². The fourth-order valence-electron chi connectivity index (χ4n) is 1.78. The second-order valence-corrected chi connectivity index (χ2v) is 4.12. The number of aryl methyl sites for hydroxylation is 1. The Labute approximate surface area is 100 Å².